The molecule has 0 aromatic heterocycles. The molecule has 0 radical (unpaired) electrons. The summed E-state index contributed by atoms with van der Waals surface area (Å²) in [6, 6.07) is 7.31. The Morgan fingerprint density at radius 2 is 1.61 bits per heavy atom. The third kappa shape index (κ3) is 2.95. The molecular weight excluding hydrogens is 218 g/mol. The van der Waals surface area contributed by atoms with Crippen LogP contribution in [0.15, 0.2) is 18.2 Å². The van der Waals surface area contributed by atoms with Crippen molar-refractivity contribution in [1.82, 2.24) is 5.32 Å². The number of aryl methyl sites for hydroxylation is 2. The minimum atomic E-state index is 0.458. The van der Waals surface area contributed by atoms with Crippen molar-refractivity contribution in [1.29, 1.82) is 0 Å². The van der Waals surface area contributed by atoms with E-state index in [9.17, 15) is 0 Å². The molecule has 0 heterocycles. The number of hydrogen-bond acceptors (Lipinski definition) is 1. The highest BCUT2D eigenvalue weighted by Gasteiger charge is 2.44. The molecule has 1 N–H and O–H groups in total. The van der Waals surface area contributed by atoms with Crippen LogP contribution in [0.25, 0.3) is 0 Å². The highest BCUT2D eigenvalue weighted by Crippen LogP contribution is 2.51. The van der Waals surface area contributed by atoms with Crippen LogP contribution in [-0.2, 0) is 0 Å². The van der Waals surface area contributed by atoms with Crippen molar-refractivity contribution in [2.75, 3.05) is 6.54 Å². The Hall–Kier alpha value is -0.820. The molecule has 1 saturated carbocycles. The first-order chi connectivity index (χ1) is 8.43. The van der Waals surface area contributed by atoms with Crippen molar-refractivity contribution in [2.45, 2.75) is 53.5 Å². The average molecular weight is 245 g/mol. The van der Waals surface area contributed by atoms with Crippen molar-refractivity contribution in [3.8, 4) is 0 Å². The first-order valence-electron chi connectivity index (χ1n) is 7.24. The number of rotatable bonds is 5. The van der Waals surface area contributed by atoms with E-state index in [1.807, 2.05) is 0 Å². The fourth-order valence-electron chi connectivity index (χ4n) is 2.85. The van der Waals surface area contributed by atoms with E-state index < -0.39 is 0 Å². The van der Waals surface area contributed by atoms with Crippen LogP contribution in [0.2, 0.25) is 0 Å². The largest absolute Gasteiger partial charge is 0.310 e. The van der Waals surface area contributed by atoms with Crippen LogP contribution >= 0.6 is 0 Å². The topological polar surface area (TPSA) is 12.0 Å². The summed E-state index contributed by atoms with van der Waals surface area (Å²) in [4.78, 5) is 0. The summed E-state index contributed by atoms with van der Waals surface area (Å²) in [6.45, 7) is 12.5. The minimum Gasteiger partial charge on any atom is -0.310 e. The molecule has 2 rings (SSSR count). The first kappa shape index (κ1) is 13.6. The third-order valence-corrected chi connectivity index (χ3v) is 4.62. The molecule has 0 bridgehead atoms. The molecule has 1 aliphatic carbocycles. The maximum atomic E-state index is 3.74. The van der Waals surface area contributed by atoms with Crippen LogP contribution in [0.5, 0.6) is 0 Å². The Labute approximate surface area is 112 Å². The Balaban J connectivity index is 1.97. The third-order valence-electron chi connectivity index (χ3n) is 4.62. The molecule has 1 fully saturated rings. The lowest BCUT2D eigenvalue weighted by molar-refractivity contribution is 0.325. The van der Waals surface area contributed by atoms with Crippen molar-refractivity contribution < 1.29 is 0 Å². The molecule has 0 aliphatic heterocycles. The van der Waals surface area contributed by atoms with Gasteiger partial charge in [0, 0.05) is 12.6 Å². The van der Waals surface area contributed by atoms with Crippen molar-refractivity contribution in [3.05, 3.63) is 34.9 Å². The quantitative estimate of drug-likeness (QED) is 0.811. The average Bonchev–Trinajstić information content (AvgIpc) is 3.05. The van der Waals surface area contributed by atoms with Gasteiger partial charge in [-0.3, -0.25) is 0 Å². The summed E-state index contributed by atoms with van der Waals surface area (Å²) in [6.07, 6.45) is 2.80. The summed E-state index contributed by atoms with van der Waals surface area (Å²) in [5, 5.41) is 3.74. The van der Waals surface area contributed by atoms with Crippen molar-refractivity contribution in [3.63, 3.8) is 0 Å². The fraction of sp³-hybridized carbons (Fsp3) is 0.647. The molecule has 1 aromatic rings. The minimum absolute atomic E-state index is 0.458. The van der Waals surface area contributed by atoms with E-state index in [0.717, 1.165) is 5.92 Å². The Bertz CT molecular complexity index is 395. The Kier molecular flexibility index (Phi) is 3.82. The second kappa shape index (κ2) is 5.05. The van der Waals surface area contributed by atoms with E-state index in [4.69, 9.17) is 0 Å². The van der Waals surface area contributed by atoms with E-state index >= 15 is 0 Å². The lowest BCUT2D eigenvalue weighted by Gasteiger charge is -2.23. The van der Waals surface area contributed by atoms with Gasteiger partial charge in [-0.15, -0.1) is 0 Å². The molecule has 1 heteroatoms. The highest BCUT2D eigenvalue weighted by atomic mass is 14.9. The van der Waals surface area contributed by atoms with Gasteiger partial charge in [0.15, 0.2) is 0 Å². The summed E-state index contributed by atoms with van der Waals surface area (Å²) in [7, 11) is 0. The normalized spacial score (nSPS) is 19.0. The summed E-state index contributed by atoms with van der Waals surface area (Å²) < 4.78 is 0. The standard InChI is InChI=1S/C17H27N/c1-12(2)17(6-7-17)11-18-15(5)16-9-13(3)8-14(4)10-16/h8-10,12,15,18H,6-7,11H2,1-5H3. The summed E-state index contributed by atoms with van der Waals surface area (Å²) in [5.74, 6) is 0.802. The second-order valence-electron chi connectivity index (χ2n) is 6.54. The van der Waals surface area contributed by atoms with Crippen LogP contribution in [0, 0.1) is 25.2 Å². The molecule has 100 valence electrons. The summed E-state index contributed by atoms with van der Waals surface area (Å²) in [5.41, 5.74) is 4.74. The van der Waals surface area contributed by atoms with Gasteiger partial charge in [-0.2, -0.15) is 0 Å². The van der Waals surface area contributed by atoms with Gasteiger partial charge >= 0.3 is 0 Å². The van der Waals surface area contributed by atoms with Gasteiger partial charge in [-0.25, -0.2) is 0 Å². The van der Waals surface area contributed by atoms with Gasteiger partial charge in [-0.05, 0) is 50.5 Å². The van der Waals surface area contributed by atoms with Gasteiger partial charge in [0.2, 0.25) is 0 Å². The van der Waals surface area contributed by atoms with Gasteiger partial charge < -0.3 is 5.32 Å². The van der Waals surface area contributed by atoms with Gasteiger partial charge in [0.1, 0.15) is 0 Å². The van der Waals surface area contributed by atoms with Crippen molar-refractivity contribution >= 4 is 0 Å². The van der Waals surface area contributed by atoms with Crippen LogP contribution in [0.3, 0.4) is 0 Å². The molecule has 1 nitrogen and oxygen atoms in total. The highest BCUT2D eigenvalue weighted by molar-refractivity contribution is 5.30. The van der Waals surface area contributed by atoms with Gasteiger partial charge in [-0.1, -0.05) is 43.2 Å². The summed E-state index contributed by atoms with van der Waals surface area (Å²) >= 11 is 0. The van der Waals surface area contributed by atoms with Crippen LogP contribution in [0.1, 0.15) is 56.3 Å². The molecule has 1 aliphatic rings. The van der Waals surface area contributed by atoms with E-state index in [1.165, 1.54) is 36.1 Å². The monoisotopic (exact) mass is 245 g/mol. The molecule has 1 atom stereocenters. The molecule has 0 amide bonds. The molecular formula is C17H27N. The zero-order valence-electron chi connectivity index (χ0n) is 12.5. The molecule has 1 aromatic carbocycles. The van der Waals surface area contributed by atoms with Crippen LogP contribution < -0.4 is 5.32 Å². The predicted octanol–water partition coefficient (Wildman–Crippen LogP) is 4.39. The SMILES string of the molecule is Cc1cc(C)cc(C(C)NCC2(C(C)C)CC2)c1. The van der Waals surface area contributed by atoms with E-state index in [1.54, 1.807) is 0 Å². The Morgan fingerprint density at radius 3 is 2.06 bits per heavy atom. The predicted molar refractivity (Wildman–Crippen MR) is 78.8 cm³/mol. The molecule has 0 spiro atoms. The number of nitrogens with one attached hydrogen (secondary N) is 1. The fourth-order valence-corrected chi connectivity index (χ4v) is 2.85. The van der Waals surface area contributed by atoms with E-state index in [-0.39, 0.29) is 0 Å². The second-order valence-corrected chi connectivity index (χ2v) is 6.54. The van der Waals surface area contributed by atoms with Crippen molar-refractivity contribution in [2.24, 2.45) is 11.3 Å². The molecule has 18 heavy (non-hydrogen) atoms. The van der Waals surface area contributed by atoms with E-state index in [2.05, 4.69) is 58.1 Å². The molecule has 1 unspecified atom stereocenters. The number of benzene rings is 1. The van der Waals surface area contributed by atoms with Crippen LogP contribution in [-0.4, -0.2) is 6.54 Å². The Morgan fingerprint density at radius 1 is 1.06 bits per heavy atom. The first-order valence-corrected chi connectivity index (χ1v) is 7.24. The van der Waals surface area contributed by atoms with Gasteiger partial charge in [0.05, 0.1) is 0 Å². The lowest BCUT2D eigenvalue weighted by atomic mass is 9.92. The number of hydrogen-bond donors (Lipinski definition) is 1. The maximum Gasteiger partial charge on any atom is 0.0292 e. The van der Waals surface area contributed by atoms with Crippen LogP contribution in [0.4, 0.5) is 0 Å². The van der Waals surface area contributed by atoms with Gasteiger partial charge in [0.25, 0.3) is 0 Å². The molecule has 0 saturated heterocycles. The smallest absolute Gasteiger partial charge is 0.0292 e. The zero-order valence-corrected chi connectivity index (χ0v) is 12.5. The lowest BCUT2D eigenvalue weighted by Crippen LogP contribution is -2.29. The zero-order chi connectivity index (χ0) is 13.3. The van der Waals surface area contributed by atoms with E-state index in [0.29, 0.717) is 11.5 Å². The maximum absolute atomic E-state index is 3.74.